The molecule has 0 aliphatic carbocycles. The zero-order chi connectivity index (χ0) is 30.2. The van der Waals surface area contributed by atoms with E-state index >= 15 is 0 Å². The van der Waals surface area contributed by atoms with Crippen LogP contribution in [0.2, 0.25) is 0 Å². The number of furan rings is 1. The maximum Gasteiger partial charge on any atom is 0.143 e. The van der Waals surface area contributed by atoms with Gasteiger partial charge in [-0.1, -0.05) is 140 Å². The average molecular weight is 603 g/mol. The minimum Gasteiger partial charge on any atom is -0.455 e. The Morgan fingerprint density at radius 1 is 0.370 bits per heavy atom. The summed E-state index contributed by atoms with van der Waals surface area (Å²) in [7, 11) is 0. The third kappa shape index (κ3) is 3.68. The summed E-state index contributed by atoms with van der Waals surface area (Å²) in [6.07, 6.45) is 0. The van der Waals surface area contributed by atoms with Crippen molar-refractivity contribution in [3.8, 4) is 33.6 Å². The first-order valence-electron chi connectivity index (χ1n) is 15.7. The fourth-order valence-electron chi connectivity index (χ4n) is 7.49. The second kappa shape index (κ2) is 9.90. The van der Waals surface area contributed by atoms with Crippen LogP contribution < -0.4 is 0 Å². The van der Waals surface area contributed by atoms with Crippen molar-refractivity contribution in [1.29, 1.82) is 0 Å². The molecule has 0 radical (unpaired) electrons. The van der Waals surface area contributed by atoms with Crippen LogP contribution in [0, 0.1) is 0 Å². The molecule has 0 unspecified atom stereocenters. The number of hydrogen-bond donors (Lipinski definition) is 0. The first-order chi connectivity index (χ1) is 22.8. The van der Waals surface area contributed by atoms with E-state index in [9.17, 15) is 0 Å². The van der Waals surface area contributed by atoms with E-state index in [0.717, 1.165) is 27.9 Å². The van der Waals surface area contributed by atoms with Crippen LogP contribution in [0.15, 0.2) is 162 Å². The molecule has 214 valence electrons. The Hall–Kier alpha value is -5.70. The summed E-state index contributed by atoms with van der Waals surface area (Å²) in [5, 5.41) is 11.1. The average Bonchev–Trinajstić information content (AvgIpc) is 3.67. The molecule has 0 atom stereocenters. The molecule has 1 nitrogen and oxygen atoms in total. The van der Waals surface area contributed by atoms with Crippen molar-refractivity contribution in [1.82, 2.24) is 0 Å². The van der Waals surface area contributed by atoms with Crippen molar-refractivity contribution in [2.45, 2.75) is 0 Å². The molecule has 46 heavy (non-hydrogen) atoms. The SMILES string of the molecule is c1ccc(-c2oc3cc4c(cc3c2-c2c3ccccc3c(-c3cccc5ccccc35)c3ccccc23)sc2ccccc24)cc1. The van der Waals surface area contributed by atoms with Gasteiger partial charge >= 0.3 is 0 Å². The minimum absolute atomic E-state index is 0.908. The molecule has 0 spiro atoms. The largest absolute Gasteiger partial charge is 0.455 e. The van der Waals surface area contributed by atoms with Crippen LogP contribution in [0.25, 0.3) is 97.0 Å². The van der Waals surface area contributed by atoms with Crippen LogP contribution in [-0.4, -0.2) is 0 Å². The predicted octanol–water partition coefficient (Wildman–Crippen LogP) is 13.3. The highest BCUT2D eigenvalue weighted by atomic mass is 32.1. The Labute approximate surface area is 269 Å². The number of fused-ring (bicyclic) bond motifs is 7. The minimum atomic E-state index is 0.908. The highest BCUT2D eigenvalue weighted by molar-refractivity contribution is 7.25. The van der Waals surface area contributed by atoms with Crippen molar-refractivity contribution in [2.75, 3.05) is 0 Å². The second-order valence-electron chi connectivity index (χ2n) is 12.0. The predicted molar refractivity (Wildman–Crippen MR) is 198 cm³/mol. The van der Waals surface area contributed by atoms with Crippen LogP contribution >= 0.6 is 11.3 Å². The van der Waals surface area contributed by atoms with Crippen molar-refractivity contribution in [3.63, 3.8) is 0 Å². The van der Waals surface area contributed by atoms with Crippen molar-refractivity contribution < 1.29 is 4.42 Å². The lowest BCUT2D eigenvalue weighted by Crippen LogP contribution is -1.92. The Kier molecular flexibility index (Phi) is 5.51. The van der Waals surface area contributed by atoms with Crippen LogP contribution in [0.4, 0.5) is 0 Å². The van der Waals surface area contributed by atoms with Crippen molar-refractivity contribution in [2.24, 2.45) is 0 Å². The zero-order valence-corrected chi connectivity index (χ0v) is 25.6. The van der Waals surface area contributed by atoms with Gasteiger partial charge in [0.05, 0.1) is 0 Å². The molecule has 2 heteroatoms. The van der Waals surface area contributed by atoms with Crippen LogP contribution in [0.5, 0.6) is 0 Å². The summed E-state index contributed by atoms with van der Waals surface area (Å²) in [5.41, 5.74) is 6.88. The molecule has 0 amide bonds. The molecule has 2 aromatic heterocycles. The molecule has 0 saturated heterocycles. The molecule has 0 fully saturated rings. The molecule has 0 bridgehead atoms. The smallest absolute Gasteiger partial charge is 0.143 e. The van der Waals surface area contributed by atoms with E-state index in [-0.39, 0.29) is 0 Å². The second-order valence-corrected chi connectivity index (χ2v) is 13.1. The molecule has 0 aliphatic rings. The molecule has 0 aliphatic heterocycles. The van der Waals surface area contributed by atoms with Gasteiger partial charge in [0.25, 0.3) is 0 Å². The van der Waals surface area contributed by atoms with Crippen LogP contribution in [0.3, 0.4) is 0 Å². The van der Waals surface area contributed by atoms with Gasteiger partial charge in [0.2, 0.25) is 0 Å². The Morgan fingerprint density at radius 2 is 0.957 bits per heavy atom. The Balaban J connectivity index is 1.39. The molecule has 0 saturated carbocycles. The first-order valence-corrected chi connectivity index (χ1v) is 16.5. The lowest BCUT2D eigenvalue weighted by atomic mass is 9.83. The lowest BCUT2D eigenvalue weighted by Gasteiger charge is -2.19. The molecule has 10 aromatic rings. The fourth-order valence-corrected chi connectivity index (χ4v) is 8.61. The molecule has 10 rings (SSSR count). The van der Waals surface area contributed by atoms with E-state index in [1.54, 1.807) is 0 Å². The number of benzene rings is 8. The van der Waals surface area contributed by atoms with Crippen LogP contribution in [0.1, 0.15) is 0 Å². The van der Waals surface area contributed by atoms with Gasteiger partial charge in [0.15, 0.2) is 0 Å². The first kappa shape index (κ1) is 25.6. The molecular weight excluding hydrogens is 577 g/mol. The third-order valence-electron chi connectivity index (χ3n) is 9.46. The van der Waals surface area contributed by atoms with E-state index in [1.807, 2.05) is 11.3 Å². The van der Waals surface area contributed by atoms with Gasteiger partial charge in [-0.3, -0.25) is 0 Å². The quantitative estimate of drug-likeness (QED) is 0.183. The van der Waals surface area contributed by atoms with Gasteiger partial charge < -0.3 is 4.42 Å². The van der Waals surface area contributed by atoms with E-state index < -0.39 is 0 Å². The highest BCUT2D eigenvalue weighted by Crippen LogP contribution is 2.51. The highest BCUT2D eigenvalue weighted by Gasteiger charge is 2.25. The van der Waals surface area contributed by atoms with E-state index in [1.165, 1.54) is 69.2 Å². The normalized spacial score (nSPS) is 11.9. The standard InChI is InChI=1S/C44H26OS/c1-2-14-28(15-3-1)44-43(37-26-40-36(25-38(37)45-44)30-18-10-11-24-39(30)46-40)42-34-21-8-6-19-32(34)41(33-20-7-9-22-35(33)42)31-23-12-16-27-13-4-5-17-29(27)31/h1-26H. The number of rotatable bonds is 3. The summed E-state index contributed by atoms with van der Waals surface area (Å²) in [4.78, 5) is 0. The van der Waals surface area contributed by atoms with Gasteiger partial charge in [-0.15, -0.1) is 11.3 Å². The van der Waals surface area contributed by atoms with Gasteiger partial charge in [0, 0.05) is 42.2 Å². The summed E-state index contributed by atoms with van der Waals surface area (Å²) < 4.78 is 9.51. The van der Waals surface area contributed by atoms with E-state index in [4.69, 9.17) is 4.42 Å². The summed E-state index contributed by atoms with van der Waals surface area (Å²) in [5.74, 6) is 0.908. The Bertz CT molecular complexity index is 2740. The van der Waals surface area contributed by atoms with Crippen molar-refractivity contribution >= 4 is 74.8 Å². The third-order valence-corrected chi connectivity index (χ3v) is 10.6. The maximum atomic E-state index is 6.94. The van der Waals surface area contributed by atoms with Gasteiger partial charge in [-0.25, -0.2) is 0 Å². The topological polar surface area (TPSA) is 13.1 Å². The van der Waals surface area contributed by atoms with Gasteiger partial charge in [-0.05, 0) is 61.6 Å². The maximum absolute atomic E-state index is 6.94. The number of thiophene rings is 1. The van der Waals surface area contributed by atoms with E-state index in [2.05, 4.69) is 158 Å². The van der Waals surface area contributed by atoms with E-state index in [0.29, 0.717) is 0 Å². The van der Waals surface area contributed by atoms with Crippen LogP contribution in [-0.2, 0) is 0 Å². The number of hydrogen-bond acceptors (Lipinski definition) is 2. The molecular formula is C44H26OS. The summed E-state index contributed by atoms with van der Waals surface area (Å²) in [6, 6.07) is 57.1. The zero-order valence-electron chi connectivity index (χ0n) is 24.8. The molecule has 8 aromatic carbocycles. The summed E-state index contributed by atoms with van der Waals surface area (Å²) >= 11 is 1.85. The summed E-state index contributed by atoms with van der Waals surface area (Å²) in [6.45, 7) is 0. The molecule has 0 N–H and O–H groups in total. The van der Waals surface area contributed by atoms with Gasteiger partial charge in [-0.2, -0.15) is 0 Å². The Morgan fingerprint density at radius 3 is 1.70 bits per heavy atom. The van der Waals surface area contributed by atoms with Crippen molar-refractivity contribution in [3.05, 3.63) is 158 Å². The molecule has 2 heterocycles. The lowest BCUT2D eigenvalue weighted by molar-refractivity contribution is 0.633. The fraction of sp³-hybridized carbons (Fsp3) is 0. The monoisotopic (exact) mass is 602 g/mol. The van der Waals surface area contributed by atoms with Gasteiger partial charge in [0.1, 0.15) is 11.3 Å².